The molecule has 2 fully saturated rings. The summed E-state index contributed by atoms with van der Waals surface area (Å²) in [5.74, 6) is -2.82. The van der Waals surface area contributed by atoms with Crippen molar-refractivity contribution in [3.8, 4) is 0 Å². The Balaban J connectivity index is 1.78. The van der Waals surface area contributed by atoms with Crippen LogP contribution in [-0.4, -0.2) is 57.9 Å². The van der Waals surface area contributed by atoms with Crippen molar-refractivity contribution in [2.75, 3.05) is 13.1 Å². The molecule has 1 aromatic rings. The van der Waals surface area contributed by atoms with Crippen molar-refractivity contribution in [3.63, 3.8) is 0 Å². The summed E-state index contributed by atoms with van der Waals surface area (Å²) in [5.41, 5.74) is -1.03. The first-order chi connectivity index (χ1) is 12.2. The fourth-order valence-corrected chi connectivity index (χ4v) is 3.37. The number of aliphatic carboxylic acids is 1. The van der Waals surface area contributed by atoms with E-state index in [2.05, 4.69) is 5.32 Å². The van der Waals surface area contributed by atoms with Gasteiger partial charge in [-0.15, -0.1) is 0 Å². The Bertz CT molecular complexity index is 781. The number of nitrogens with one attached hydrogen (secondary N) is 1. The number of likely N-dealkylation sites (tertiary alicyclic amines) is 1. The zero-order valence-corrected chi connectivity index (χ0v) is 14.1. The largest absolute Gasteiger partial charge is 0.480 e. The third kappa shape index (κ3) is 2.89. The smallest absolute Gasteiger partial charge is 0.326 e. The molecule has 0 radical (unpaired) electrons. The molecule has 2 saturated heterocycles. The molecule has 1 unspecified atom stereocenters. The predicted molar refractivity (Wildman–Crippen MR) is 86.4 cm³/mol. The van der Waals surface area contributed by atoms with E-state index in [-0.39, 0.29) is 6.54 Å². The van der Waals surface area contributed by atoms with Gasteiger partial charge in [0.15, 0.2) is 0 Å². The zero-order chi connectivity index (χ0) is 19.1. The standard InChI is InChI=1S/C17H18FN3O5/c1-17(10-4-6-11(18)7-5-10)15(25)21(16(26)19-17)9-13(22)20-8-2-3-12(20)14(23)24/h4-7,12H,2-3,8-9H2,1H3,(H,19,26)(H,23,24)/t12-,17?/m0/s1. The van der Waals surface area contributed by atoms with Crippen LogP contribution in [0.1, 0.15) is 25.3 Å². The van der Waals surface area contributed by atoms with E-state index in [1.807, 2.05) is 0 Å². The van der Waals surface area contributed by atoms with Crippen molar-refractivity contribution in [2.24, 2.45) is 0 Å². The average Bonchev–Trinajstić information content (AvgIpc) is 3.16. The molecular weight excluding hydrogens is 345 g/mol. The summed E-state index contributed by atoms with van der Waals surface area (Å²) in [6, 6.07) is 3.44. The van der Waals surface area contributed by atoms with Crippen molar-refractivity contribution < 1.29 is 28.7 Å². The average molecular weight is 363 g/mol. The molecule has 0 saturated carbocycles. The number of rotatable bonds is 4. The molecule has 3 rings (SSSR count). The summed E-state index contributed by atoms with van der Waals surface area (Å²) in [6.45, 7) is 1.21. The van der Waals surface area contributed by atoms with Gasteiger partial charge < -0.3 is 15.3 Å². The number of carboxylic acids is 1. The molecule has 8 nitrogen and oxygen atoms in total. The molecule has 2 aliphatic rings. The SMILES string of the molecule is CC1(c2ccc(F)cc2)NC(=O)N(CC(=O)N2CCC[C@H]2C(=O)O)C1=O. The second-order valence-electron chi connectivity index (χ2n) is 6.54. The summed E-state index contributed by atoms with van der Waals surface area (Å²) >= 11 is 0. The quantitative estimate of drug-likeness (QED) is 0.765. The number of halogens is 1. The minimum Gasteiger partial charge on any atom is -0.480 e. The molecule has 0 spiro atoms. The van der Waals surface area contributed by atoms with E-state index in [4.69, 9.17) is 5.11 Å². The Morgan fingerprint density at radius 2 is 1.96 bits per heavy atom. The van der Waals surface area contributed by atoms with E-state index in [9.17, 15) is 23.6 Å². The lowest BCUT2D eigenvalue weighted by molar-refractivity contribution is -0.149. The van der Waals surface area contributed by atoms with E-state index >= 15 is 0 Å². The van der Waals surface area contributed by atoms with Gasteiger partial charge in [0.1, 0.15) is 23.9 Å². The van der Waals surface area contributed by atoms with Crippen molar-refractivity contribution in [1.82, 2.24) is 15.1 Å². The molecule has 4 amide bonds. The number of amides is 4. The highest BCUT2D eigenvalue weighted by Crippen LogP contribution is 2.29. The molecule has 2 N–H and O–H groups in total. The van der Waals surface area contributed by atoms with Crippen LogP contribution in [0.5, 0.6) is 0 Å². The molecule has 0 aliphatic carbocycles. The number of hydrogen-bond acceptors (Lipinski definition) is 4. The van der Waals surface area contributed by atoms with Crippen LogP contribution in [0.15, 0.2) is 24.3 Å². The number of carbonyl (C=O) groups is 4. The first-order valence-electron chi connectivity index (χ1n) is 8.16. The molecular formula is C17H18FN3O5. The molecule has 9 heteroatoms. The lowest BCUT2D eigenvalue weighted by Gasteiger charge is -2.24. The van der Waals surface area contributed by atoms with Gasteiger partial charge in [0.05, 0.1) is 0 Å². The number of nitrogens with zero attached hydrogens (tertiary/aromatic N) is 2. The molecule has 26 heavy (non-hydrogen) atoms. The van der Waals surface area contributed by atoms with Gasteiger partial charge in [-0.25, -0.2) is 14.0 Å². The van der Waals surface area contributed by atoms with Gasteiger partial charge in [-0.2, -0.15) is 0 Å². The Labute approximate surface area is 148 Å². The highest BCUT2D eigenvalue weighted by atomic mass is 19.1. The summed E-state index contributed by atoms with van der Waals surface area (Å²) in [4.78, 5) is 50.6. The van der Waals surface area contributed by atoms with Crippen molar-refractivity contribution >= 4 is 23.8 Å². The van der Waals surface area contributed by atoms with Gasteiger partial charge in [-0.1, -0.05) is 12.1 Å². The van der Waals surface area contributed by atoms with Crippen molar-refractivity contribution in [1.29, 1.82) is 0 Å². The van der Waals surface area contributed by atoms with Gasteiger partial charge in [-0.3, -0.25) is 14.5 Å². The number of carbonyl (C=O) groups excluding carboxylic acids is 3. The van der Waals surface area contributed by atoms with Crippen LogP contribution in [0.2, 0.25) is 0 Å². The third-order valence-electron chi connectivity index (χ3n) is 4.85. The second-order valence-corrected chi connectivity index (χ2v) is 6.54. The van der Waals surface area contributed by atoms with E-state index in [1.54, 1.807) is 0 Å². The van der Waals surface area contributed by atoms with Gasteiger partial charge in [0, 0.05) is 6.54 Å². The van der Waals surface area contributed by atoms with Gasteiger partial charge in [-0.05, 0) is 37.5 Å². The maximum Gasteiger partial charge on any atom is 0.326 e. The van der Waals surface area contributed by atoms with Crippen molar-refractivity contribution in [2.45, 2.75) is 31.3 Å². The molecule has 138 valence electrons. The molecule has 2 heterocycles. The van der Waals surface area contributed by atoms with Crippen LogP contribution in [-0.2, 0) is 19.9 Å². The van der Waals surface area contributed by atoms with Crippen molar-refractivity contribution in [3.05, 3.63) is 35.6 Å². The monoisotopic (exact) mass is 363 g/mol. The lowest BCUT2D eigenvalue weighted by atomic mass is 9.92. The fraction of sp³-hybridized carbons (Fsp3) is 0.412. The normalized spacial score (nSPS) is 25.5. The van der Waals surface area contributed by atoms with E-state index < -0.39 is 47.8 Å². The topological polar surface area (TPSA) is 107 Å². The highest BCUT2D eigenvalue weighted by molar-refractivity contribution is 6.09. The minimum atomic E-state index is -1.41. The molecule has 2 atom stereocenters. The molecule has 2 aliphatic heterocycles. The number of imide groups is 1. The minimum absolute atomic E-state index is 0.272. The highest BCUT2D eigenvalue weighted by Gasteiger charge is 2.50. The van der Waals surface area contributed by atoms with Gasteiger partial charge in [0.25, 0.3) is 5.91 Å². The molecule has 1 aromatic carbocycles. The van der Waals surface area contributed by atoms with E-state index in [1.165, 1.54) is 36.1 Å². The maximum absolute atomic E-state index is 13.1. The molecule has 0 bridgehead atoms. The van der Waals surface area contributed by atoms with Crippen LogP contribution in [0.3, 0.4) is 0 Å². The van der Waals surface area contributed by atoms with Crippen LogP contribution >= 0.6 is 0 Å². The van der Waals surface area contributed by atoms with Gasteiger partial charge >= 0.3 is 12.0 Å². The zero-order valence-electron chi connectivity index (χ0n) is 14.1. The van der Waals surface area contributed by atoms with E-state index in [0.717, 1.165) is 4.90 Å². The lowest BCUT2D eigenvalue weighted by Crippen LogP contribution is -2.47. The number of hydrogen-bond donors (Lipinski definition) is 2. The summed E-state index contributed by atoms with van der Waals surface area (Å²) < 4.78 is 13.1. The van der Waals surface area contributed by atoms with Gasteiger partial charge in [0.2, 0.25) is 5.91 Å². The Morgan fingerprint density at radius 1 is 1.31 bits per heavy atom. The van der Waals surface area contributed by atoms with Crippen LogP contribution in [0.25, 0.3) is 0 Å². The Kier molecular flexibility index (Phi) is 4.39. The number of urea groups is 1. The number of benzene rings is 1. The van der Waals surface area contributed by atoms with Crippen LogP contribution < -0.4 is 5.32 Å². The van der Waals surface area contributed by atoms with Crippen LogP contribution in [0, 0.1) is 5.82 Å². The second kappa shape index (κ2) is 6.40. The Morgan fingerprint density at radius 3 is 2.58 bits per heavy atom. The van der Waals surface area contributed by atoms with Crippen LogP contribution in [0.4, 0.5) is 9.18 Å². The fourth-order valence-electron chi connectivity index (χ4n) is 3.37. The summed E-state index contributed by atoms with van der Waals surface area (Å²) in [5, 5.41) is 11.7. The van der Waals surface area contributed by atoms with E-state index in [0.29, 0.717) is 18.4 Å². The summed E-state index contributed by atoms with van der Waals surface area (Å²) in [7, 11) is 0. The number of carboxylic acid groups (broad SMARTS) is 1. The first-order valence-corrected chi connectivity index (χ1v) is 8.16. The molecule has 0 aromatic heterocycles. The Hall–Kier alpha value is -2.97. The third-order valence-corrected chi connectivity index (χ3v) is 4.85. The maximum atomic E-state index is 13.1. The first kappa shape index (κ1) is 17.8. The predicted octanol–water partition coefficient (Wildman–Crippen LogP) is 0.668. The summed E-state index contributed by atoms with van der Waals surface area (Å²) in [6.07, 6.45) is 0.894.